The molecule has 0 bridgehead atoms. The minimum absolute atomic E-state index is 0.350. The predicted molar refractivity (Wildman–Crippen MR) is 111 cm³/mol. The molecule has 8 heteroatoms. The molecule has 2 aromatic rings. The van der Waals surface area contributed by atoms with Gasteiger partial charge in [-0.15, -0.1) is 0 Å². The second-order valence-electron chi connectivity index (χ2n) is 5.43. The van der Waals surface area contributed by atoms with Crippen LogP contribution in [-0.2, 0) is 0 Å². The fraction of sp³-hybridized carbons (Fsp3) is 0.200. The van der Waals surface area contributed by atoms with Gasteiger partial charge < -0.3 is 18.9 Å². The molecule has 0 heterocycles. The van der Waals surface area contributed by atoms with Crippen molar-refractivity contribution >= 4 is 28.1 Å². The zero-order valence-electron chi connectivity index (χ0n) is 15.8. The van der Waals surface area contributed by atoms with Crippen LogP contribution in [0.4, 0.5) is 0 Å². The first-order valence-corrected chi connectivity index (χ1v) is 8.99. The average molecular weight is 449 g/mol. The van der Waals surface area contributed by atoms with Gasteiger partial charge in [-0.3, -0.25) is 4.79 Å². The third-order valence-electron chi connectivity index (χ3n) is 3.59. The number of hydrogen-bond donors (Lipinski definition) is 1. The Morgan fingerprint density at radius 3 is 2.36 bits per heavy atom. The largest absolute Gasteiger partial charge is 0.497 e. The van der Waals surface area contributed by atoms with E-state index < -0.39 is 5.91 Å². The summed E-state index contributed by atoms with van der Waals surface area (Å²) in [5.41, 5.74) is 3.54. The number of carbonyl (C=O) groups excluding carboxylic acids is 1. The molecule has 2 aromatic carbocycles. The van der Waals surface area contributed by atoms with Gasteiger partial charge in [0.2, 0.25) is 0 Å². The topological polar surface area (TPSA) is 78.4 Å². The molecule has 0 fully saturated rings. The van der Waals surface area contributed by atoms with Crippen LogP contribution in [0.5, 0.6) is 23.0 Å². The molecule has 7 nitrogen and oxygen atoms in total. The van der Waals surface area contributed by atoms with Crippen LogP contribution in [0, 0.1) is 0 Å². The molecular weight excluding hydrogens is 428 g/mol. The second-order valence-corrected chi connectivity index (χ2v) is 6.29. The summed E-state index contributed by atoms with van der Waals surface area (Å²) in [5, 5.41) is 4.00. The molecule has 0 aliphatic rings. The Labute approximate surface area is 172 Å². The number of nitrogens with zero attached hydrogens (tertiary/aromatic N) is 1. The number of ether oxygens (including phenoxy) is 4. The molecule has 0 aliphatic heterocycles. The first-order valence-electron chi connectivity index (χ1n) is 8.20. The zero-order chi connectivity index (χ0) is 20.5. The monoisotopic (exact) mass is 448 g/mol. The number of rotatable bonds is 9. The lowest BCUT2D eigenvalue weighted by Crippen LogP contribution is -2.17. The lowest BCUT2D eigenvalue weighted by molar-refractivity contribution is 0.0954. The van der Waals surface area contributed by atoms with Crippen molar-refractivity contribution in [3.05, 3.63) is 58.6 Å². The Kier molecular flexibility index (Phi) is 7.88. The molecular formula is C20H21BrN2O5. The molecule has 28 heavy (non-hydrogen) atoms. The molecule has 1 N–H and O–H groups in total. The lowest BCUT2D eigenvalue weighted by Gasteiger charge is -2.12. The van der Waals surface area contributed by atoms with E-state index in [0.717, 1.165) is 0 Å². The van der Waals surface area contributed by atoms with Crippen LogP contribution < -0.4 is 24.4 Å². The van der Waals surface area contributed by atoms with Crippen molar-refractivity contribution < 1.29 is 23.7 Å². The van der Waals surface area contributed by atoms with Crippen molar-refractivity contribution in [2.45, 2.75) is 0 Å². The Morgan fingerprint density at radius 1 is 1.11 bits per heavy atom. The van der Waals surface area contributed by atoms with E-state index in [2.05, 4.69) is 33.0 Å². The third kappa shape index (κ3) is 5.50. The van der Waals surface area contributed by atoms with Gasteiger partial charge in [0.05, 0.1) is 32.0 Å². The maximum atomic E-state index is 12.3. The van der Waals surface area contributed by atoms with Gasteiger partial charge in [0.25, 0.3) is 5.91 Å². The van der Waals surface area contributed by atoms with E-state index in [1.807, 2.05) is 0 Å². The zero-order valence-corrected chi connectivity index (χ0v) is 17.4. The molecule has 0 spiro atoms. The Morgan fingerprint density at radius 2 is 1.79 bits per heavy atom. The smallest absolute Gasteiger partial charge is 0.271 e. The summed E-state index contributed by atoms with van der Waals surface area (Å²) in [6, 6.07) is 8.41. The molecule has 148 valence electrons. The molecule has 0 saturated carbocycles. The molecule has 2 rings (SSSR count). The molecule has 0 aliphatic carbocycles. The quantitative estimate of drug-likeness (QED) is 0.358. The summed E-state index contributed by atoms with van der Waals surface area (Å²) < 4.78 is 21.9. The number of carbonyl (C=O) groups is 1. The van der Waals surface area contributed by atoms with Crippen molar-refractivity contribution in [1.82, 2.24) is 5.43 Å². The molecule has 0 radical (unpaired) electrons. The minimum Gasteiger partial charge on any atom is -0.497 e. The summed E-state index contributed by atoms with van der Waals surface area (Å²) in [6.07, 6.45) is 3.14. The Balaban J connectivity index is 2.15. The molecule has 0 atom stereocenters. The van der Waals surface area contributed by atoms with Gasteiger partial charge in [-0.2, -0.15) is 5.10 Å². The van der Waals surface area contributed by atoms with Crippen LogP contribution in [0.25, 0.3) is 0 Å². The number of halogens is 1. The van der Waals surface area contributed by atoms with Crippen molar-refractivity contribution in [2.75, 3.05) is 27.9 Å². The summed E-state index contributed by atoms with van der Waals surface area (Å²) in [4.78, 5) is 12.3. The summed E-state index contributed by atoms with van der Waals surface area (Å²) in [7, 11) is 4.58. The number of hydrazone groups is 1. The van der Waals surface area contributed by atoms with Crippen LogP contribution in [0.15, 0.2) is 52.6 Å². The SMILES string of the molecule is C=CCOc1c(Br)cc(/C=N\NC(=O)c2cc(OC)cc(OC)c2)cc1OC. The number of methoxy groups -OCH3 is 3. The molecule has 0 saturated heterocycles. The van der Waals surface area contributed by atoms with E-state index >= 15 is 0 Å². The van der Waals surface area contributed by atoms with E-state index in [-0.39, 0.29) is 0 Å². The van der Waals surface area contributed by atoms with Gasteiger partial charge in [-0.05, 0) is 45.8 Å². The van der Waals surface area contributed by atoms with Crippen molar-refractivity contribution in [3.8, 4) is 23.0 Å². The van der Waals surface area contributed by atoms with E-state index in [9.17, 15) is 4.79 Å². The number of benzene rings is 2. The van der Waals surface area contributed by atoms with Crippen molar-refractivity contribution in [1.29, 1.82) is 0 Å². The van der Waals surface area contributed by atoms with Crippen molar-refractivity contribution in [2.24, 2.45) is 5.10 Å². The first kappa shape index (κ1) is 21.3. The first-order chi connectivity index (χ1) is 13.5. The second kappa shape index (κ2) is 10.4. The fourth-order valence-corrected chi connectivity index (χ4v) is 2.84. The maximum Gasteiger partial charge on any atom is 0.271 e. The molecule has 0 unspecified atom stereocenters. The summed E-state index contributed by atoms with van der Waals surface area (Å²) in [6.45, 7) is 3.97. The standard InChI is InChI=1S/C20H21BrN2O5/c1-5-6-28-19-17(21)7-13(8-18(19)27-4)12-22-23-20(24)14-9-15(25-2)11-16(10-14)26-3/h5,7-12H,1,6H2,2-4H3,(H,23,24)/b22-12-. The third-order valence-corrected chi connectivity index (χ3v) is 4.18. The van der Waals surface area contributed by atoms with Gasteiger partial charge in [0.1, 0.15) is 18.1 Å². The van der Waals surface area contributed by atoms with Gasteiger partial charge in [-0.25, -0.2) is 5.43 Å². The Bertz CT molecular complexity index is 861. The van der Waals surface area contributed by atoms with Gasteiger partial charge in [0.15, 0.2) is 11.5 Å². The lowest BCUT2D eigenvalue weighted by atomic mass is 10.2. The minimum atomic E-state index is -0.398. The maximum absolute atomic E-state index is 12.3. The van der Waals surface area contributed by atoms with E-state index in [4.69, 9.17) is 18.9 Å². The van der Waals surface area contributed by atoms with Crippen LogP contribution in [0.2, 0.25) is 0 Å². The molecule has 1 amide bonds. The summed E-state index contributed by atoms with van der Waals surface area (Å²) >= 11 is 3.44. The highest BCUT2D eigenvalue weighted by Gasteiger charge is 2.11. The predicted octanol–water partition coefficient (Wildman–Crippen LogP) is 3.80. The highest BCUT2D eigenvalue weighted by Crippen LogP contribution is 2.36. The highest BCUT2D eigenvalue weighted by atomic mass is 79.9. The number of nitrogens with one attached hydrogen (secondary N) is 1. The Hall–Kier alpha value is -3.00. The van der Waals surface area contributed by atoms with Crippen LogP contribution >= 0.6 is 15.9 Å². The number of hydrogen-bond acceptors (Lipinski definition) is 6. The molecule has 0 aromatic heterocycles. The average Bonchev–Trinajstić information content (AvgIpc) is 2.71. The van der Waals surface area contributed by atoms with E-state index in [1.54, 1.807) is 43.5 Å². The van der Waals surface area contributed by atoms with E-state index in [1.165, 1.54) is 20.4 Å². The van der Waals surface area contributed by atoms with Gasteiger partial charge in [0, 0.05) is 11.6 Å². The normalized spacial score (nSPS) is 10.4. The number of amides is 1. The summed E-state index contributed by atoms with van der Waals surface area (Å²) in [5.74, 6) is 1.72. The van der Waals surface area contributed by atoms with Crippen LogP contribution in [0.1, 0.15) is 15.9 Å². The van der Waals surface area contributed by atoms with E-state index in [0.29, 0.717) is 45.2 Å². The fourth-order valence-electron chi connectivity index (χ4n) is 2.27. The van der Waals surface area contributed by atoms with Crippen LogP contribution in [-0.4, -0.2) is 40.1 Å². The van der Waals surface area contributed by atoms with Crippen molar-refractivity contribution in [3.63, 3.8) is 0 Å². The van der Waals surface area contributed by atoms with Gasteiger partial charge >= 0.3 is 0 Å². The highest BCUT2D eigenvalue weighted by molar-refractivity contribution is 9.10. The van der Waals surface area contributed by atoms with Crippen LogP contribution in [0.3, 0.4) is 0 Å². The van der Waals surface area contributed by atoms with Gasteiger partial charge in [-0.1, -0.05) is 12.7 Å².